The maximum Gasteiger partial charge on any atom is 0.0656 e. The van der Waals surface area contributed by atoms with Crippen LogP contribution < -0.4 is 10.6 Å². The van der Waals surface area contributed by atoms with Crippen LogP contribution in [0, 0.1) is 0 Å². The molecule has 2 N–H and O–H groups in total. The second-order valence-corrected chi connectivity index (χ2v) is 4.81. The Morgan fingerprint density at radius 2 is 1.56 bits per heavy atom. The average molecular weight is 303 g/mol. The number of rotatable bonds is 3. The minimum atomic E-state index is 0.425. The molecule has 1 heterocycles. The third kappa shape index (κ3) is 2.99. The van der Waals surface area contributed by atoms with Crippen LogP contribution in [-0.2, 0) is 0 Å². The van der Waals surface area contributed by atoms with Gasteiger partial charge in [0.25, 0.3) is 0 Å². The number of benzene rings is 1. The van der Waals surface area contributed by atoms with Crippen LogP contribution in [0.5, 0.6) is 0 Å². The van der Waals surface area contributed by atoms with Crippen molar-refractivity contribution in [3.05, 3.63) is 45.7 Å². The van der Waals surface area contributed by atoms with E-state index < -0.39 is 0 Å². The standard InChI is InChI=1S/C12H10Cl3N3/c1-16-7-2-8(6-17-5-7)18-12-4-10(14)9(13)3-11(12)15/h2-6,16,18H,1H3. The van der Waals surface area contributed by atoms with Gasteiger partial charge < -0.3 is 10.6 Å². The lowest BCUT2D eigenvalue weighted by Crippen LogP contribution is -1.95. The fourth-order valence-corrected chi connectivity index (χ4v) is 2.01. The predicted molar refractivity (Wildman–Crippen MR) is 78.5 cm³/mol. The monoisotopic (exact) mass is 301 g/mol. The Morgan fingerprint density at radius 3 is 2.28 bits per heavy atom. The Kier molecular flexibility index (Phi) is 4.17. The molecule has 3 nitrogen and oxygen atoms in total. The normalized spacial score (nSPS) is 10.2. The molecular formula is C12H10Cl3N3. The summed E-state index contributed by atoms with van der Waals surface area (Å²) in [5, 5.41) is 7.51. The lowest BCUT2D eigenvalue weighted by Gasteiger charge is -2.10. The zero-order valence-corrected chi connectivity index (χ0v) is 11.7. The van der Waals surface area contributed by atoms with Gasteiger partial charge in [0.1, 0.15) is 0 Å². The minimum absolute atomic E-state index is 0.425. The first-order valence-corrected chi connectivity index (χ1v) is 6.28. The molecule has 0 aliphatic heterocycles. The lowest BCUT2D eigenvalue weighted by molar-refractivity contribution is 1.30. The molecule has 6 heteroatoms. The number of halogens is 3. The molecular weight excluding hydrogens is 293 g/mol. The van der Waals surface area contributed by atoms with Crippen molar-refractivity contribution in [2.24, 2.45) is 0 Å². The molecule has 0 atom stereocenters. The zero-order chi connectivity index (χ0) is 13.1. The Balaban J connectivity index is 2.30. The zero-order valence-electron chi connectivity index (χ0n) is 9.47. The van der Waals surface area contributed by atoms with Crippen LogP contribution in [0.15, 0.2) is 30.6 Å². The molecule has 0 bridgehead atoms. The maximum absolute atomic E-state index is 6.08. The summed E-state index contributed by atoms with van der Waals surface area (Å²) < 4.78 is 0. The highest BCUT2D eigenvalue weighted by atomic mass is 35.5. The molecule has 0 amide bonds. The highest BCUT2D eigenvalue weighted by Crippen LogP contribution is 2.34. The van der Waals surface area contributed by atoms with Gasteiger partial charge in [-0.3, -0.25) is 4.98 Å². The molecule has 1 aromatic heterocycles. The van der Waals surface area contributed by atoms with E-state index in [-0.39, 0.29) is 0 Å². The van der Waals surface area contributed by atoms with E-state index in [1.54, 1.807) is 24.5 Å². The van der Waals surface area contributed by atoms with Gasteiger partial charge in [-0.1, -0.05) is 34.8 Å². The minimum Gasteiger partial charge on any atom is -0.387 e. The molecule has 18 heavy (non-hydrogen) atoms. The first kappa shape index (κ1) is 13.3. The number of nitrogens with one attached hydrogen (secondary N) is 2. The molecule has 0 aliphatic carbocycles. The molecule has 0 spiro atoms. The molecule has 2 aromatic rings. The molecule has 0 unspecified atom stereocenters. The Hall–Kier alpha value is -1.16. The van der Waals surface area contributed by atoms with Gasteiger partial charge in [-0.2, -0.15) is 0 Å². The molecule has 94 valence electrons. The van der Waals surface area contributed by atoms with Crippen LogP contribution in [0.4, 0.5) is 17.1 Å². The smallest absolute Gasteiger partial charge is 0.0656 e. The predicted octanol–water partition coefficient (Wildman–Crippen LogP) is 4.83. The summed E-state index contributed by atoms with van der Waals surface area (Å²) in [6, 6.07) is 5.19. The van der Waals surface area contributed by atoms with Gasteiger partial charge in [0, 0.05) is 7.05 Å². The van der Waals surface area contributed by atoms with Crippen LogP contribution in [0.25, 0.3) is 0 Å². The third-order valence-electron chi connectivity index (χ3n) is 2.32. The Labute approximate surface area is 120 Å². The molecule has 2 rings (SSSR count). The summed E-state index contributed by atoms with van der Waals surface area (Å²) in [5.74, 6) is 0. The largest absolute Gasteiger partial charge is 0.387 e. The average Bonchev–Trinajstić information content (AvgIpc) is 2.36. The summed E-state index contributed by atoms with van der Waals surface area (Å²) in [6.07, 6.45) is 3.42. The molecule has 0 radical (unpaired) electrons. The van der Waals surface area contributed by atoms with Crippen molar-refractivity contribution in [3.63, 3.8) is 0 Å². The first-order valence-electron chi connectivity index (χ1n) is 5.14. The third-order valence-corrected chi connectivity index (χ3v) is 3.35. The number of hydrogen-bond acceptors (Lipinski definition) is 3. The number of anilines is 3. The van der Waals surface area contributed by atoms with Crippen molar-refractivity contribution in [1.82, 2.24) is 4.98 Å². The van der Waals surface area contributed by atoms with E-state index in [2.05, 4.69) is 15.6 Å². The van der Waals surface area contributed by atoms with Gasteiger partial charge in [0.15, 0.2) is 0 Å². The summed E-state index contributed by atoms with van der Waals surface area (Å²) in [6.45, 7) is 0. The fourth-order valence-electron chi connectivity index (χ4n) is 1.42. The van der Waals surface area contributed by atoms with E-state index in [0.717, 1.165) is 11.4 Å². The van der Waals surface area contributed by atoms with Crippen molar-refractivity contribution < 1.29 is 0 Å². The summed E-state index contributed by atoms with van der Waals surface area (Å²) in [5.41, 5.74) is 2.39. The van der Waals surface area contributed by atoms with Crippen molar-refractivity contribution >= 4 is 51.9 Å². The van der Waals surface area contributed by atoms with Crippen LogP contribution in [0.1, 0.15) is 0 Å². The number of hydrogen-bond donors (Lipinski definition) is 2. The van der Waals surface area contributed by atoms with E-state index in [1.807, 2.05) is 13.1 Å². The summed E-state index contributed by atoms with van der Waals surface area (Å²) in [4.78, 5) is 4.09. The van der Waals surface area contributed by atoms with E-state index >= 15 is 0 Å². The van der Waals surface area contributed by atoms with E-state index in [4.69, 9.17) is 34.8 Å². The van der Waals surface area contributed by atoms with Gasteiger partial charge in [-0.15, -0.1) is 0 Å². The lowest BCUT2D eigenvalue weighted by atomic mass is 10.3. The maximum atomic E-state index is 6.08. The van der Waals surface area contributed by atoms with Crippen LogP contribution in [0.3, 0.4) is 0 Å². The number of aromatic nitrogens is 1. The van der Waals surface area contributed by atoms with Crippen molar-refractivity contribution in [2.45, 2.75) is 0 Å². The van der Waals surface area contributed by atoms with Crippen LogP contribution >= 0.6 is 34.8 Å². The van der Waals surface area contributed by atoms with Crippen LogP contribution in [0.2, 0.25) is 15.1 Å². The van der Waals surface area contributed by atoms with E-state index in [9.17, 15) is 0 Å². The molecule has 0 saturated carbocycles. The highest BCUT2D eigenvalue weighted by Gasteiger charge is 2.06. The van der Waals surface area contributed by atoms with Crippen molar-refractivity contribution in [2.75, 3.05) is 17.7 Å². The quantitative estimate of drug-likeness (QED) is 0.798. The Bertz CT molecular complexity index is 572. The van der Waals surface area contributed by atoms with E-state index in [0.29, 0.717) is 20.8 Å². The van der Waals surface area contributed by atoms with Crippen molar-refractivity contribution in [3.8, 4) is 0 Å². The summed E-state index contributed by atoms with van der Waals surface area (Å²) in [7, 11) is 1.83. The highest BCUT2D eigenvalue weighted by molar-refractivity contribution is 6.44. The molecule has 0 fully saturated rings. The summed E-state index contributed by atoms with van der Waals surface area (Å²) >= 11 is 17.9. The molecule has 0 saturated heterocycles. The Morgan fingerprint density at radius 1 is 0.889 bits per heavy atom. The second kappa shape index (κ2) is 5.65. The first-order chi connectivity index (χ1) is 8.60. The van der Waals surface area contributed by atoms with E-state index in [1.165, 1.54) is 0 Å². The number of pyridine rings is 1. The van der Waals surface area contributed by atoms with Gasteiger partial charge in [-0.05, 0) is 18.2 Å². The van der Waals surface area contributed by atoms with Gasteiger partial charge >= 0.3 is 0 Å². The van der Waals surface area contributed by atoms with Crippen LogP contribution in [-0.4, -0.2) is 12.0 Å². The van der Waals surface area contributed by atoms with Crippen molar-refractivity contribution in [1.29, 1.82) is 0 Å². The number of nitrogens with zero attached hydrogens (tertiary/aromatic N) is 1. The van der Waals surface area contributed by atoms with Gasteiger partial charge in [0.05, 0.1) is 44.5 Å². The fraction of sp³-hybridized carbons (Fsp3) is 0.0833. The SMILES string of the molecule is CNc1cncc(Nc2cc(Cl)c(Cl)cc2Cl)c1. The van der Waals surface area contributed by atoms with Gasteiger partial charge in [0.2, 0.25) is 0 Å². The second-order valence-electron chi connectivity index (χ2n) is 3.58. The van der Waals surface area contributed by atoms with Gasteiger partial charge in [-0.25, -0.2) is 0 Å². The molecule has 1 aromatic carbocycles. The topological polar surface area (TPSA) is 37.0 Å². The molecule has 0 aliphatic rings.